The molecule has 0 N–H and O–H groups in total. The van der Waals surface area contributed by atoms with E-state index in [1.807, 2.05) is 0 Å². The van der Waals surface area contributed by atoms with Gasteiger partial charge in [-0.2, -0.15) is 0 Å². The molecule has 0 amide bonds. The summed E-state index contributed by atoms with van der Waals surface area (Å²) in [5.41, 5.74) is 0. The van der Waals surface area contributed by atoms with Crippen LogP contribution in [0.2, 0.25) is 0 Å². The number of aryl methyl sites for hydroxylation is 2. The van der Waals surface area contributed by atoms with E-state index in [0.717, 1.165) is 0 Å². The first-order valence-corrected chi connectivity index (χ1v) is 18.4. The van der Waals surface area contributed by atoms with E-state index >= 15 is 0 Å². The van der Waals surface area contributed by atoms with Crippen LogP contribution in [-0.4, -0.2) is 4.57 Å². The van der Waals surface area contributed by atoms with Gasteiger partial charge in [0.1, 0.15) is 12.4 Å². The van der Waals surface area contributed by atoms with Crippen LogP contribution in [0.1, 0.15) is 206 Å². The number of hydrogen-bond acceptors (Lipinski definition) is 0. The highest BCUT2D eigenvalue weighted by Crippen LogP contribution is 2.15. The fourth-order valence-corrected chi connectivity index (χ4v) is 6.15. The fraction of sp³-hybridized carbons (Fsp3) is 0.919. The highest BCUT2D eigenvalue weighted by Gasteiger charge is 2.16. The Morgan fingerprint density at radius 1 is 0.436 bits per heavy atom. The molecule has 1 aromatic heterocycles. The first-order valence-electron chi connectivity index (χ1n) is 18.4. The average molecular weight is 546 g/mol. The van der Waals surface area contributed by atoms with Gasteiger partial charge in [-0.1, -0.05) is 168 Å². The minimum Gasteiger partial charge on any atom is -0.234 e. The molecule has 0 bridgehead atoms. The normalized spacial score (nSPS) is 11.6. The van der Waals surface area contributed by atoms with Crippen LogP contribution in [0.25, 0.3) is 0 Å². The summed E-state index contributed by atoms with van der Waals surface area (Å²) >= 11 is 0. The van der Waals surface area contributed by atoms with Gasteiger partial charge < -0.3 is 0 Å². The van der Waals surface area contributed by atoms with Crippen molar-refractivity contribution in [2.24, 2.45) is 0 Å². The van der Waals surface area contributed by atoms with Crippen molar-refractivity contribution in [3.05, 3.63) is 18.2 Å². The van der Waals surface area contributed by atoms with Gasteiger partial charge in [0.2, 0.25) is 0 Å². The smallest absolute Gasteiger partial charge is 0.234 e. The summed E-state index contributed by atoms with van der Waals surface area (Å²) in [6.45, 7) is 9.39. The van der Waals surface area contributed by atoms with E-state index in [2.05, 4.69) is 42.3 Å². The maximum atomic E-state index is 2.63. The number of hydrogen-bond donors (Lipinski definition) is 0. The highest BCUT2D eigenvalue weighted by atomic mass is 15.1. The van der Waals surface area contributed by atoms with Crippen molar-refractivity contribution in [2.75, 3.05) is 0 Å². The van der Waals surface area contributed by atoms with E-state index in [4.69, 9.17) is 0 Å². The van der Waals surface area contributed by atoms with Crippen molar-refractivity contribution < 1.29 is 4.57 Å². The van der Waals surface area contributed by atoms with Gasteiger partial charge in [0.25, 0.3) is 5.82 Å². The topological polar surface area (TPSA) is 8.81 Å². The maximum absolute atomic E-state index is 2.63. The van der Waals surface area contributed by atoms with Crippen LogP contribution in [0.5, 0.6) is 0 Å². The largest absolute Gasteiger partial charge is 0.256 e. The summed E-state index contributed by atoms with van der Waals surface area (Å²) in [6, 6.07) is 0. The summed E-state index contributed by atoms with van der Waals surface area (Å²) in [5, 5.41) is 0. The Balaban J connectivity index is 2.29. The molecule has 0 saturated heterocycles. The standard InChI is InChI=1S/C37H73N2/c1-4-7-10-13-16-18-20-21-22-24-26-29-32-37-38(33-30-27-15-12-9-6-3)35-36-39(37)34-31-28-25-23-19-17-14-11-8-5-2/h35-36H,4-34H2,1-3H3/q+1. The van der Waals surface area contributed by atoms with Crippen molar-refractivity contribution in [3.63, 3.8) is 0 Å². The van der Waals surface area contributed by atoms with Crippen LogP contribution in [-0.2, 0) is 19.5 Å². The van der Waals surface area contributed by atoms with Crippen molar-refractivity contribution in [2.45, 2.75) is 220 Å². The molecule has 0 aliphatic carbocycles. The number of unbranched alkanes of at least 4 members (excludes halogenated alkanes) is 25. The number of nitrogens with zero attached hydrogens (tertiary/aromatic N) is 2. The van der Waals surface area contributed by atoms with E-state index < -0.39 is 0 Å². The Kier molecular flexibility index (Phi) is 26.7. The molecule has 0 fully saturated rings. The van der Waals surface area contributed by atoms with Gasteiger partial charge >= 0.3 is 0 Å². The molecule has 0 aliphatic rings. The Morgan fingerprint density at radius 3 is 1.23 bits per heavy atom. The van der Waals surface area contributed by atoms with Crippen LogP contribution >= 0.6 is 0 Å². The number of rotatable bonds is 31. The van der Waals surface area contributed by atoms with Gasteiger partial charge in [0.15, 0.2) is 0 Å². The van der Waals surface area contributed by atoms with Crippen molar-refractivity contribution in [1.82, 2.24) is 4.57 Å². The summed E-state index contributed by atoms with van der Waals surface area (Å²) < 4.78 is 5.25. The molecule has 39 heavy (non-hydrogen) atoms. The molecule has 1 heterocycles. The lowest BCUT2D eigenvalue weighted by Crippen LogP contribution is -2.37. The van der Waals surface area contributed by atoms with Crippen LogP contribution < -0.4 is 4.57 Å². The Bertz CT molecular complexity index is 605. The lowest BCUT2D eigenvalue weighted by molar-refractivity contribution is -0.704. The van der Waals surface area contributed by atoms with Crippen LogP contribution in [0.4, 0.5) is 0 Å². The molecule has 1 rings (SSSR count). The van der Waals surface area contributed by atoms with Gasteiger partial charge in [-0.15, -0.1) is 0 Å². The van der Waals surface area contributed by atoms with Gasteiger partial charge in [-0.25, -0.2) is 9.13 Å². The summed E-state index contributed by atoms with van der Waals surface area (Å²) in [4.78, 5) is 0. The second kappa shape index (κ2) is 28.7. The molecule has 0 aliphatic heterocycles. The van der Waals surface area contributed by atoms with E-state index in [9.17, 15) is 0 Å². The first kappa shape index (κ1) is 36.2. The third kappa shape index (κ3) is 21.6. The summed E-state index contributed by atoms with van der Waals surface area (Å²) in [7, 11) is 0. The number of imidazole rings is 1. The highest BCUT2D eigenvalue weighted by molar-refractivity contribution is 4.84. The van der Waals surface area contributed by atoms with Crippen LogP contribution in [0, 0.1) is 0 Å². The van der Waals surface area contributed by atoms with Crippen molar-refractivity contribution in [3.8, 4) is 0 Å². The second-order valence-corrected chi connectivity index (χ2v) is 12.7. The SMILES string of the molecule is CCCCCCCCCCCCCCc1n(CCCCCCCC)cc[n+]1CCCCCCCCCCCC. The monoisotopic (exact) mass is 546 g/mol. The van der Waals surface area contributed by atoms with Gasteiger partial charge in [0.05, 0.1) is 13.1 Å². The summed E-state index contributed by atoms with van der Waals surface area (Å²) in [6.07, 6.45) is 45.9. The fourth-order valence-electron chi connectivity index (χ4n) is 6.15. The van der Waals surface area contributed by atoms with E-state index in [1.54, 1.807) is 5.82 Å². The molecule has 230 valence electrons. The van der Waals surface area contributed by atoms with E-state index in [1.165, 1.54) is 199 Å². The van der Waals surface area contributed by atoms with Gasteiger partial charge in [0, 0.05) is 6.42 Å². The molecule has 1 aromatic rings. The van der Waals surface area contributed by atoms with Crippen molar-refractivity contribution in [1.29, 1.82) is 0 Å². The molecule has 2 nitrogen and oxygen atoms in total. The first-order chi connectivity index (χ1) is 19.3. The molecule has 2 heteroatoms. The van der Waals surface area contributed by atoms with Crippen molar-refractivity contribution >= 4 is 0 Å². The van der Waals surface area contributed by atoms with E-state index in [0.29, 0.717) is 0 Å². The molecule has 0 radical (unpaired) electrons. The zero-order valence-electron chi connectivity index (χ0n) is 27.5. The molecule has 0 aromatic carbocycles. The van der Waals surface area contributed by atoms with Crippen LogP contribution in [0.15, 0.2) is 12.4 Å². The van der Waals surface area contributed by atoms with Crippen LogP contribution in [0.3, 0.4) is 0 Å². The average Bonchev–Trinajstić information content (AvgIpc) is 3.33. The lowest BCUT2D eigenvalue weighted by Gasteiger charge is -2.07. The lowest BCUT2D eigenvalue weighted by atomic mass is 10.0. The molecular formula is C37H73N2+. The molecule has 0 saturated carbocycles. The Labute approximate surface area is 247 Å². The Hall–Kier alpha value is -0.790. The van der Waals surface area contributed by atoms with Gasteiger partial charge in [-0.05, 0) is 32.1 Å². The minimum atomic E-state index is 1.23. The second-order valence-electron chi connectivity index (χ2n) is 12.7. The quantitative estimate of drug-likeness (QED) is 0.0648. The zero-order valence-corrected chi connectivity index (χ0v) is 27.5. The Morgan fingerprint density at radius 2 is 0.795 bits per heavy atom. The predicted octanol–water partition coefficient (Wildman–Crippen LogP) is 12.3. The van der Waals surface area contributed by atoms with E-state index in [-0.39, 0.29) is 0 Å². The maximum Gasteiger partial charge on any atom is 0.256 e. The zero-order chi connectivity index (χ0) is 28.1. The molecule has 0 unspecified atom stereocenters. The molecular weight excluding hydrogens is 472 g/mol. The predicted molar refractivity (Wildman–Crippen MR) is 175 cm³/mol. The summed E-state index contributed by atoms with van der Waals surface area (Å²) in [5.74, 6) is 1.62. The van der Waals surface area contributed by atoms with Gasteiger partial charge in [-0.3, -0.25) is 0 Å². The molecule has 0 atom stereocenters. The third-order valence-corrected chi connectivity index (χ3v) is 8.85. The third-order valence-electron chi connectivity index (χ3n) is 8.85. The minimum absolute atomic E-state index is 1.23. The molecule has 0 spiro atoms. The number of aromatic nitrogens is 2.